The molecule has 2 atom stereocenters. The molecule has 0 bridgehead atoms. The summed E-state index contributed by atoms with van der Waals surface area (Å²) in [6.07, 6.45) is 3.32. The fourth-order valence-electron chi connectivity index (χ4n) is 1.46. The molecular weight excluding hydrogens is 236 g/mol. The summed E-state index contributed by atoms with van der Waals surface area (Å²) in [6, 6.07) is 3.58. The van der Waals surface area contributed by atoms with Crippen LogP contribution in [0.5, 0.6) is 0 Å². The summed E-state index contributed by atoms with van der Waals surface area (Å²) in [5.41, 5.74) is 5.56. The molecule has 0 saturated carbocycles. The second-order valence-electron chi connectivity index (χ2n) is 3.95. The highest BCUT2D eigenvalue weighted by Crippen LogP contribution is 2.12. The Morgan fingerprint density at radius 3 is 2.67 bits per heavy atom. The fourth-order valence-corrected chi connectivity index (χ4v) is 1.46. The number of rotatable bonds is 3. The van der Waals surface area contributed by atoms with Gasteiger partial charge in [0.25, 0.3) is 0 Å². The SMILES string of the molecule is COC(C)=O.NC1C(=O)NC1CCc1ccco1. The molecule has 0 aromatic carbocycles. The largest absolute Gasteiger partial charge is 0.469 e. The summed E-state index contributed by atoms with van der Waals surface area (Å²) < 4.78 is 9.27. The van der Waals surface area contributed by atoms with E-state index in [9.17, 15) is 9.59 Å². The van der Waals surface area contributed by atoms with Crippen molar-refractivity contribution < 1.29 is 18.7 Å². The maximum atomic E-state index is 10.7. The molecule has 1 fully saturated rings. The number of aryl methyl sites for hydroxylation is 1. The molecule has 0 spiro atoms. The highest BCUT2D eigenvalue weighted by Gasteiger charge is 2.35. The van der Waals surface area contributed by atoms with Crippen molar-refractivity contribution in [2.75, 3.05) is 7.11 Å². The first-order valence-electron chi connectivity index (χ1n) is 5.67. The maximum Gasteiger partial charge on any atom is 0.302 e. The minimum Gasteiger partial charge on any atom is -0.469 e. The van der Waals surface area contributed by atoms with Crippen molar-refractivity contribution in [1.82, 2.24) is 5.32 Å². The van der Waals surface area contributed by atoms with E-state index in [2.05, 4.69) is 10.1 Å². The van der Waals surface area contributed by atoms with Gasteiger partial charge in [-0.3, -0.25) is 9.59 Å². The third-order valence-electron chi connectivity index (χ3n) is 2.63. The number of hydrogen-bond donors (Lipinski definition) is 2. The Morgan fingerprint density at radius 2 is 2.28 bits per heavy atom. The van der Waals surface area contributed by atoms with Crippen molar-refractivity contribution in [2.45, 2.75) is 31.8 Å². The Bertz CT molecular complexity index is 389. The summed E-state index contributed by atoms with van der Waals surface area (Å²) in [6.45, 7) is 1.36. The van der Waals surface area contributed by atoms with E-state index in [0.717, 1.165) is 18.6 Å². The lowest BCUT2D eigenvalue weighted by Gasteiger charge is -2.33. The van der Waals surface area contributed by atoms with Crippen LogP contribution < -0.4 is 11.1 Å². The molecule has 1 amide bonds. The second-order valence-corrected chi connectivity index (χ2v) is 3.95. The van der Waals surface area contributed by atoms with E-state index in [-0.39, 0.29) is 24.0 Å². The molecule has 1 aromatic heterocycles. The molecule has 2 unspecified atom stereocenters. The van der Waals surface area contributed by atoms with Gasteiger partial charge in [0, 0.05) is 13.3 Å². The number of amides is 1. The van der Waals surface area contributed by atoms with E-state index in [0.29, 0.717) is 0 Å². The monoisotopic (exact) mass is 254 g/mol. The fraction of sp³-hybridized carbons (Fsp3) is 0.500. The second kappa shape index (κ2) is 6.80. The van der Waals surface area contributed by atoms with Crippen LogP contribution in [-0.2, 0) is 20.7 Å². The predicted molar refractivity (Wildman–Crippen MR) is 64.6 cm³/mol. The van der Waals surface area contributed by atoms with Crippen LogP contribution in [0, 0.1) is 0 Å². The van der Waals surface area contributed by atoms with E-state index in [4.69, 9.17) is 10.2 Å². The van der Waals surface area contributed by atoms with E-state index in [1.54, 1.807) is 6.26 Å². The molecule has 0 radical (unpaired) electrons. The number of esters is 1. The number of carbonyl (C=O) groups excluding carboxylic acids is 2. The van der Waals surface area contributed by atoms with Gasteiger partial charge >= 0.3 is 5.97 Å². The number of nitrogens with one attached hydrogen (secondary N) is 1. The number of nitrogens with two attached hydrogens (primary N) is 1. The third kappa shape index (κ3) is 4.21. The standard InChI is InChI=1S/C9H12N2O2.C3H6O2/c10-8-7(11-9(8)12)4-3-6-2-1-5-13-6;1-3(4)5-2/h1-2,5,7-8H,3-4,10H2,(H,11,12);1-2H3. The number of ether oxygens (including phenoxy) is 1. The van der Waals surface area contributed by atoms with Crippen molar-refractivity contribution in [2.24, 2.45) is 5.73 Å². The van der Waals surface area contributed by atoms with Gasteiger partial charge in [-0.2, -0.15) is 0 Å². The molecule has 100 valence electrons. The zero-order valence-corrected chi connectivity index (χ0v) is 10.5. The third-order valence-corrected chi connectivity index (χ3v) is 2.63. The zero-order chi connectivity index (χ0) is 13.5. The first kappa shape index (κ1) is 14.2. The summed E-state index contributed by atoms with van der Waals surface area (Å²) in [4.78, 5) is 20.3. The van der Waals surface area contributed by atoms with Gasteiger partial charge in [0.05, 0.1) is 19.4 Å². The molecule has 2 heterocycles. The van der Waals surface area contributed by atoms with Crippen molar-refractivity contribution in [3.8, 4) is 0 Å². The lowest BCUT2D eigenvalue weighted by molar-refractivity contribution is -0.138. The zero-order valence-electron chi connectivity index (χ0n) is 10.5. The number of furan rings is 1. The van der Waals surface area contributed by atoms with Gasteiger partial charge in [-0.15, -0.1) is 0 Å². The van der Waals surface area contributed by atoms with Crippen LogP contribution in [0.2, 0.25) is 0 Å². The van der Waals surface area contributed by atoms with Crippen LogP contribution in [0.1, 0.15) is 19.1 Å². The average Bonchev–Trinajstić information content (AvgIpc) is 2.87. The van der Waals surface area contributed by atoms with Crippen molar-refractivity contribution in [3.05, 3.63) is 24.2 Å². The number of methoxy groups -OCH3 is 1. The molecule has 6 heteroatoms. The van der Waals surface area contributed by atoms with Crippen LogP contribution in [0.15, 0.2) is 22.8 Å². The highest BCUT2D eigenvalue weighted by molar-refractivity contribution is 5.88. The number of carbonyl (C=O) groups is 2. The predicted octanol–water partition coefficient (Wildman–Crippen LogP) is 0.217. The van der Waals surface area contributed by atoms with Crippen LogP contribution >= 0.6 is 0 Å². The Morgan fingerprint density at radius 1 is 1.61 bits per heavy atom. The quantitative estimate of drug-likeness (QED) is 0.594. The molecular formula is C12H18N2O4. The summed E-state index contributed by atoms with van der Waals surface area (Å²) in [5, 5.41) is 2.75. The van der Waals surface area contributed by atoms with Crippen LogP contribution in [0.4, 0.5) is 0 Å². The van der Waals surface area contributed by atoms with E-state index in [1.165, 1.54) is 14.0 Å². The van der Waals surface area contributed by atoms with Crippen molar-refractivity contribution >= 4 is 11.9 Å². The van der Waals surface area contributed by atoms with Gasteiger partial charge in [-0.05, 0) is 18.6 Å². The molecule has 1 saturated heterocycles. The Kier molecular flexibility index (Phi) is 5.38. The van der Waals surface area contributed by atoms with Crippen molar-refractivity contribution in [1.29, 1.82) is 0 Å². The Hall–Kier alpha value is -1.82. The molecule has 2 rings (SSSR count). The number of hydrogen-bond acceptors (Lipinski definition) is 5. The normalized spacial score (nSPS) is 21.2. The molecule has 3 N–H and O–H groups in total. The first-order chi connectivity index (χ1) is 8.54. The van der Waals surface area contributed by atoms with Gasteiger partial charge in [0.1, 0.15) is 11.8 Å². The highest BCUT2D eigenvalue weighted by atomic mass is 16.5. The minimum absolute atomic E-state index is 0.0514. The summed E-state index contributed by atoms with van der Waals surface area (Å²) in [5.74, 6) is 0.641. The molecule has 18 heavy (non-hydrogen) atoms. The average molecular weight is 254 g/mol. The van der Waals surface area contributed by atoms with Crippen molar-refractivity contribution in [3.63, 3.8) is 0 Å². The van der Waals surface area contributed by atoms with E-state index < -0.39 is 0 Å². The molecule has 1 aromatic rings. The number of β-lactam (4-membered cyclic amide) rings is 1. The van der Waals surface area contributed by atoms with Gasteiger partial charge in [-0.25, -0.2) is 0 Å². The maximum absolute atomic E-state index is 10.7. The van der Waals surface area contributed by atoms with Gasteiger partial charge < -0.3 is 20.2 Å². The first-order valence-corrected chi connectivity index (χ1v) is 5.67. The van der Waals surface area contributed by atoms with Crippen LogP contribution in [0.3, 0.4) is 0 Å². The summed E-state index contributed by atoms with van der Waals surface area (Å²) in [7, 11) is 1.35. The lowest BCUT2D eigenvalue weighted by atomic mass is 9.95. The molecule has 1 aliphatic rings. The summed E-state index contributed by atoms with van der Waals surface area (Å²) >= 11 is 0. The van der Waals surface area contributed by atoms with E-state index in [1.807, 2.05) is 12.1 Å². The van der Waals surface area contributed by atoms with E-state index >= 15 is 0 Å². The minimum atomic E-state index is -0.324. The van der Waals surface area contributed by atoms with Gasteiger partial charge in [-0.1, -0.05) is 0 Å². The molecule has 1 aliphatic heterocycles. The van der Waals surface area contributed by atoms with Gasteiger partial charge in [0.2, 0.25) is 5.91 Å². The van der Waals surface area contributed by atoms with Crippen LogP contribution in [-0.4, -0.2) is 31.1 Å². The Labute approximate surface area is 105 Å². The topological polar surface area (TPSA) is 94.6 Å². The molecule has 6 nitrogen and oxygen atoms in total. The molecule has 0 aliphatic carbocycles. The van der Waals surface area contributed by atoms with Gasteiger partial charge in [0.15, 0.2) is 0 Å². The van der Waals surface area contributed by atoms with Crippen LogP contribution in [0.25, 0.3) is 0 Å². The smallest absolute Gasteiger partial charge is 0.302 e. The lowest BCUT2D eigenvalue weighted by Crippen LogP contribution is -2.66. The Balaban J connectivity index is 0.000000280.